The minimum absolute atomic E-state index is 0.0752. The maximum atomic E-state index is 12.5. The first-order valence-corrected chi connectivity index (χ1v) is 18.5. The van der Waals surface area contributed by atoms with Gasteiger partial charge in [-0.05, 0) is 104 Å². The second-order valence-electron chi connectivity index (χ2n) is 18.5. The molecule has 2 spiro atoms. The summed E-state index contributed by atoms with van der Waals surface area (Å²) in [7, 11) is 0. The number of carbonyl (C=O) groups excluding carboxylic acids is 1. The lowest BCUT2D eigenvalue weighted by Crippen LogP contribution is -2.61. The zero-order valence-corrected chi connectivity index (χ0v) is 30.4. The molecular formula is C38H60O10. The van der Waals surface area contributed by atoms with E-state index in [1.54, 1.807) is 13.8 Å². The molecule has 272 valence electrons. The number of hydrogen-bond acceptors (Lipinski definition) is 10. The number of carbonyl (C=O) groups is 1. The van der Waals surface area contributed by atoms with E-state index < -0.39 is 59.9 Å². The second kappa shape index (κ2) is 10.9. The molecule has 0 aromatic carbocycles. The minimum atomic E-state index is -1.31. The average Bonchev–Trinajstić information content (AvgIpc) is 3.47. The summed E-state index contributed by atoms with van der Waals surface area (Å²) in [6.07, 6.45) is -0.643. The van der Waals surface area contributed by atoms with Gasteiger partial charge in [-0.2, -0.15) is 0 Å². The lowest BCUT2D eigenvalue weighted by Gasteiger charge is -2.63. The van der Waals surface area contributed by atoms with Gasteiger partial charge >= 0.3 is 5.97 Å². The highest BCUT2D eigenvalue weighted by atomic mass is 16.7. The highest BCUT2D eigenvalue weighted by Gasteiger charge is 2.87. The molecule has 0 amide bonds. The Hall–Kier alpha value is -1.27. The molecule has 48 heavy (non-hydrogen) atoms. The molecule has 5 N–H and O–H groups in total. The van der Waals surface area contributed by atoms with Crippen LogP contribution in [0.15, 0.2) is 11.3 Å². The van der Waals surface area contributed by atoms with Gasteiger partial charge in [0.15, 0.2) is 12.4 Å². The van der Waals surface area contributed by atoms with Crippen LogP contribution in [0.5, 0.6) is 0 Å². The van der Waals surface area contributed by atoms with E-state index in [0.717, 1.165) is 38.5 Å². The zero-order chi connectivity index (χ0) is 35.1. The number of ether oxygens (including phenoxy) is 4. The Balaban J connectivity index is 1.17. The predicted molar refractivity (Wildman–Crippen MR) is 175 cm³/mol. The summed E-state index contributed by atoms with van der Waals surface area (Å²) in [6, 6.07) is 0. The highest BCUT2D eigenvalue weighted by Crippen LogP contribution is 2.91. The predicted octanol–water partition coefficient (Wildman–Crippen LogP) is 3.84. The normalized spacial score (nSPS) is 52.9. The number of fused-ring (bicyclic) bond motifs is 3. The number of esters is 1. The van der Waals surface area contributed by atoms with Gasteiger partial charge in [0.2, 0.25) is 0 Å². The fraction of sp³-hybridized carbons (Fsp3) is 0.921. The molecule has 2 aliphatic heterocycles. The van der Waals surface area contributed by atoms with Crippen molar-refractivity contribution in [2.24, 2.45) is 50.7 Å². The number of aliphatic hydroxyl groups excluding tert-OH is 4. The summed E-state index contributed by atoms with van der Waals surface area (Å²) in [6.45, 7) is 18.4. The maximum absolute atomic E-state index is 12.5. The first kappa shape index (κ1) is 35.1. The number of rotatable bonds is 5. The molecule has 7 aliphatic rings. The Morgan fingerprint density at radius 3 is 2.23 bits per heavy atom. The van der Waals surface area contributed by atoms with Crippen molar-refractivity contribution in [2.45, 2.75) is 162 Å². The van der Waals surface area contributed by atoms with Crippen LogP contribution in [0.2, 0.25) is 0 Å². The van der Waals surface area contributed by atoms with Crippen molar-refractivity contribution in [3.63, 3.8) is 0 Å². The van der Waals surface area contributed by atoms with Crippen molar-refractivity contribution < 1.29 is 49.3 Å². The van der Waals surface area contributed by atoms with Crippen molar-refractivity contribution in [2.75, 3.05) is 6.61 Å². The summed E-state index contributed by atoms with van der Waals surface area (Å²) in [5, 5.41) is 54.5. The van der Waals surface area contributed by atoms with Crippen LogP contribution in [0.1, 0.15) is 107 Å². The number of hydrogen-bond donors (Lipinski definition) is 5. The maximum Gasteiger partial charge on any atom is 0.303 e. The van der Waals surface area contributed by atoms with Crippen molar-refractivity contribution in [1.82, 2.24) is 0 Å². The topological polar surface area (TPSA) is 155 Å². The van der Waals surface area contributed by atoms with E-state index in [0.29, 0.717) is 24.0 Å². The summed E-state index contributed by atoms with van der Waals surface area (Å²) in [4.78, 5) is 12.1. The summed E-state index contributed by atoms with van der Waals surface area (Å²) in [5.74, 6) is 1.43. The van der Waals surface area contributed by atoms with Crippen LogP contribution in [0.25, 0.3) is 0 Å². The van der Waals surface area contributed by atoms with Gasteiger partial charge in [-0.3, -0.25) is 4.79 Å². The monoisotopic (exact) mass is 676 g/mol. The molecule has 16 atom stereocenters. The highest BCUT2D eigenvalue weighted by molar-refractivity contribution is 5.66. The van der Waals surface area contributed by atoms with E-state index in [1.807, 2.05) is 0 Å². The third-order valence-corrected chi connectivity index (χ3v) is 15.9. The van der Waals surface area contributed by atoms with Crippen LogP contribution in [0.4, 0.5) is 0 Å². The van der Waals surface area contributed by atoms with Crippen LogP contribution in [-0.4, -0.2) is 92.7 Å². The molecule has 10 heteroatoms. The van der Waals surface area contributed by atoms with E-state index in [1.165, 1.54) is 12.5 Å². The Bertz CT molecular complexity index is 1350. The van der Waals surface area contributed by atoms with Crippen LogP contribution in [0.3, 0.4) is 0 Å². The van der Waals surface area contributed by atoms with Gasteiger partial charge in [0.05, 0.1) is 18.3 Å². The Labute approximate surface area is 285 Å². The molecule has 0 radical (unpaired) electrons. The first-order valence-electron chi connectivity index (χ1n) is 18.5. The molecule has 0 aromatic rings. The number of allylic oxidation sites excluding steroid dienone is 1. The van der Waals surface area contributed by atoms with Crippen molar-refractivity contribution in [1.29, 1.82) is 0 Å². The Morgan fingerprint density at radius 1 is 0.938 bits per heavy atom. The standard InChI is InChI=1S/C38H60O10/c1-18-16-22(31(34(6,7)44)46-20(3)39)47-29-26(18)35(8)14-15-38-19(2)37(38)13-12-25(48-32-28(42)27(41)21(40)17-45-32)33(4,5)23(37)10-11-24(38)36(35,9)30(29)43/h18-19,21-25,27-28,30-32,40-44H,10-17H2,1-9H3/t18-,19-,21-,22-,23+,24+,25+,27+,28-,30+,31-,32+,35-,36-,37-,38+/m1/s1. The number of aliphatic hydroxyl groups is 5. The molecule has 10 nitrogen and oxygen atoms in total. The molecule has 0 aromatic heterocycles. The third-order valence-electron chi connectivity index (χ3n) is 15.9. The SMILES string of the molecule is CC(=O)O[C@H]([C@H]1C[C@@H](C)C2=C(O1)[C@H](O)[C@@]1(C)[C@@H]3CC[C@H]4C(C)(C)[C@@H](O[C@@H]5OC[C@@H](O)[C@H](O)[C@H]5O)CC[C@@]45[C@@H](C)[C@@]35CC[C@]21C)C(C)(C)O. The minimum Gasteiger partial charge on any atom is -0.488 e. The lowest BCUT2D eigenvalue weighted by atomic mass is 9.41. The van der Waals surface area contributed by atoms with E-state index in [-0.39, 0.29) is 46.2 Å². The smallest absolute Gasteiger partial charge is 0.303 e. The summed E-state index contributed by atoms with van der Waals surface area (Å²) in [5.41, 5.74) is -0.813. The van der Waals surface area contributed by atoms with Gasteiger partial charge in [0, 0.05) is 17.8 Å². The molecule has 0 bridgehead atoms. The Morgan fingerprint density at radius 2 is 1.58 bits per heavy atom. The van der Waals surface area contributed by atoms with E-state index >= 15 is 0 Å². The van der Waals surface area contributed by atoms with E-state index in [9.17, 15) is 30.3 Å². The summed E-state index contributed by atoms with van der Waals surface area (Å²) < 4.78 is 24.5. The largest absolute Gasteiger partial charge is 0.488 e. The van der Waals surface area contributed by atoms with Crippen molar-refractivity contribution in [3.05, 3.63) is 11.3 Å². The zero-order valence-electron chi connectivity index (χ0n) is 30.4. The molecule has 4 saturated carbocycles. The van der Waals surface area contributed by atoms with Crippen LogP contribution in [-0.2, 0) is 23.7 Å². The van der Waals surface area contributed by atoms with E-state index in [2.05, 4.69) is 41.5 Å². The van der Waals surface area contributed by atoms with Gasteiger partial charge in [-0.1, -0.05) is 41.5 Å². The molecule has 0 unspecified atom stereocenters. The quantitative estimate of drug-likeness (QED) is 0.214. The second-order valence-corrected chi connectivity index (χ2v) is 18.5. The van der Waals surface area contributed by atoms with Crippen LogP contribution < -0.4 is 0 Å². The van der Waals surface area contributed by atoms with Crippen LogP contribution >= 0.6 is 0 Å². The third kappa shape index (κ3) is 4.26. The average molecular weight is 677 g/mol. The van der Waals surface area contributed by atoms with Gasteiger partial charge in [-0.25, -0.2) is 0 Å². The van der Waals surface area contributed by atoms with Gasteiger partial charge in [0.1, 0.15) is 36.3 Å². The Kier molecular flexibility index (Phi) is 7.96. The van der Waals surface area contributed by atoms with E-state index in [4.69, 9.17) is 18.9 Å². The fourth-order valence-corrected chi connectivity index (χ4v) is 13.7. The molecule has 7 rings (SSSR count). The van der Waals surface area contributed by atoms with Crippen molar-refractivity contribution in [3.8, 4) is 0 Å². The van der Waals surface area contributed by atoms with Crippen LogP contribution in [0, 0.1) is 50.7 Å². The van der Waals surface area contributed by atoms with Gasteiger partial charge < -0.3 is 44.5 Å². The first-order chi connectivity index (χ1) is 22.2. The molecule has 5 fully saturated rings. The lowest BCUT2D eigenvalue weighted by molar-refractivity contribution is -0.303. The molecule has 1 saturated heterocycles. The summed E-state index contributed by atoms with van der Waals surface area (Å²) >= 11 is 0. The van der Waals surface area contributed by atoms with Gasteiger partial charge in [0.25, 0.3) is 0 Å². The van der Waals surface area contributed by atoms with Gasteiger partial charge in [-0.15, -0.1) is 0 Å². The molecule has 2 heterocycles. The fourth-order valence-electron chi connectivity index (χ4n) is 13.7. The van der Waals surface area contributed by atoms with Crippen molar-refractivity contribution >= 4 is 5.97 Å². The molecular weight excluding hydrogens is 616 g/mol. The molecule has 5 aliphatic carbocycles.